The Balaban J connectivity index is 1.76. The number of aliphatic hydroxyl groups is 1. The van der Waals surface area contributed by atoms with Gasteiger partial charge in [0.25, 0.3) is 0 Å². The molecule has 0 saturated heterocycles. The molecule has 3 rings (SSSR count). The van der Waals surface area contributed by atoms with Crippen molar-refractivity contribution in [2.45, 2.75) is 92.6 Å². The first kappa shape index (κ1) is 22.6. The number of rotatable bonds is 5. The minimum atomic E-state index is -0.197. The number of allylic oxidation sites excluding steroid dienone is 6. The second-order valence-electron chi connectivity index (χ2n) is 10.9. The fraction of sp³-hybridized carbons (Fsp3) is 0.714. The average Bonchev–Trinajstić information content (AvgIpc) is 3.04. The Bertz CT molecular complexity index is 691. The third-order valence-electron chi connectivity index (χ3n) is 8.60. The van der Waals surface area contributed by atoms with Crippen LogP contribution < -0.4 is 0 Å². The average molecular weight is 397 g/mol. The van der Waals surface area contributed by atoms with Gasteiger partial charge in [0.15, 0.2) is 0 Å². The number of fused-ring (bicyclic) bond motifs is 1. The van der Waals surface area contributed by atoms with Gasteiger partial charge in [0.05, 0.1) is 6.10 Å². The van der Waals surface area contributed by atoms with Crippen molar-refractivity contribution in [2.24, 2.45) is 35.0 Å². The second-order valence-corrected chi connectivity index (χ2v) is 10.9. The summed E-state index contributed by atoms with van der Waals surface area (Å²) in [4.78, 5) is 0. The third-order valence-corrected chi connectivity index (χ3v) is 8.60. The standard InChI is InChI=1S/C28H44O/c1-19(2)20(3)9-10-22(5)26-15-16-27-23(8-7-17-28(26,27)6)12-13-24-18-25(29)14-11-21(24)4/h9-13,19-20,22,25-27,29H,7-8,14-18H2,1-6H3. The highest BCUT2D eigenvalue weighted by atomic mass is 16.3. The summed E-state index contributed by atoms with van der Waals surface area (Å²) in [5.74, 6) is 3.60. The van der Waals surface area contributed by atoms with Crippen LogP contribution in [-0.4, -0.2) is 11.2 Å². The zero-order chi connectivity index (χ0) is 21.2. The highest BCUT2D eigenvalue weighted by Gasteiger charge is 2.50. The van der Waals surface area contributed by atoms with E-state index in [0.29, 0.717) is 17.3 Å². The van der Waals surface area contributed by atoms with E-state index in [-0.39, 0.29) is 6.10 Å². The van der Waals surface area contributed by atoms with Crippen molar-refractivity contribution in [3.8, 4) is 0 Å². The molecule has 0 amide bonds. The Labute approximate surface area is 180 Å². The van der Waals surface area contributed by atoms with Gasteiger partial charge < -0.3 is 5.11 Å². The van der Waals surface area contributed by atoms with Gasteiger partial charge in [-0.2, -0.15) is 0 Å². The van der Waals surface area contributed by atoms with Gasteiger partial charge in [-0.1, -0.05) is 76.1 Å². The molecule has 162 valence electrons. The van der Waals surface area contributed by atoms with Crippen LogP contribution in [0.2, 0.25) is 0 Å². The molecular formula is C28H44O. The molecule has 0 aromatic heterocycles. The van der Waals surface area contributed by atoms with Crippen LogP contribution in [0, 0.1) is 35.0 Å². The first-order chi connectivity index (χ1) is 13.7. The van der Waals surface area contributed by atoms with Crippen molar-refractivity contribution < 1.29 is 5.11 Å². The highest BCUT2D eigenvalue weighted by molar-refractivity contribution is 5.37. The van der Waals surface area contributed by atoms with E-state index in [2.05, 4.69) is 71.9 Å². The van der Waals surface area contributed by atoms with E-state index >= 15 is 0 Å². The van der Waals surface area contributed by atoms with Crippen molar-refractivity contribution >= 4 is 0 Å². The molecule has 0 aromatic carbocycles. The van der Waals surface area contributed by atoms with E-state index in [9.17, 15) is 5.11 Å². The Kier molecular flexibility index (Phi) is 7.31. The van der Waals surface area contributed by atoms with Crippen molar-refractivity contribution in [3.63, 3.8) is 0 Å². The molecule has 0 aromatic rings. The molecule has 3 aliphatic rings. The molecule has 0 spiro atoms. The normalized spacial score (nSPS) is 37.9. The zero-order valence-corrected chi connectivity index (χ0v) is 19.7. The maximum absolute atomic E-state index is 10.0. The fourth-order valence-electron chi connectivity index (χ4n) is 6.20. The molecular weight excluding hydrogens is 352 g/mol. The van der Waals surface area contributed by atoms with Gasteiger partial charge in [-0.3, -0.25) is 0 Å². The highest BCUT2D eigenvalue weighted by Crippen LogP contribution is 2.59. The van der Waals surface area contributed by atoms with Gasteiger partial charge in [0, 0.05) is 0 Å². The first-order valence-electron chi connectivity index (χ1n) is 12.2. The maximum Gasteiger partial charge on any atom is 0.0615 e. The number of hydrogen-bond donors (Lipinski definition) is 1. The summed E-state index contributed by atoms with van der Waals surface area (Å²) in [5, 5.41) is 10.0. The summed E-state index contributed by atoms with van der Waals surface area (Å²) in [6, 6.07) is 0. The molecule has 1 N–H and O–H groups in total. The lowest BCUT2D eigenvalue weighted by Crippen LogP contribution is -2.35. The Morgan fingerprint density at radius 1 is 1.10 bits per heavy atom. The van der Waals surface area contributed by atoms with Crippen LogP contribution in [-0.2, 0) is 0 Å². The number of aliphatic hydroxyl groups excluding tert-OH is 1. The third kappa shape index (κ3) is 4.98. The predicted molar refractivity (Wildman–Crippen MR) is 126 cm³/mol. The predicted octanol–water partition coefficient (Wildman–Crippen LogP) is 7.64. The van der Waals surface area contributed by atoms with E-state index in [1.165, 1.54) is 43.3 Å². The van der Waals surface area contributed by atoms with Crippen LogP contribution in [0.15, 0.2) is 47.1 Å². The van der Waals surface area contributed by atoms with Gasteiger partial charge >= 0.3 is 0 Å². The fourth-order valence-corrected chi connectivity index (χ4v) is 6.20. The van der Waals surface area contributed by atoms with E-state index in [1.807, 2.05) is 0 Å². The van der Waals surface area contributed by atoms with Gasteiger partial charge in [-0.05, 0) is 92.4 Å². The van der Waals surface area contributed by atoms with Crippen LogP contribution in [0.4, 0.5) is 0 Å². The Morgan fingerprint density at radius 2 is 1.86 bits per heavy atom. The summed E-state index contributed by atoms with van der Waals surface area (Å²) in [7, 11) is 0. The smallest absolute Gasteiger partial charge is 0.0615 e. The molecule has 1 heteroatoms. The lowest BCUT2D eigenvalue weighted by atomic mass is 9.61. The van der Waals surface area contributed by atoms with Gasteiger partial charge in [0.1, 0.15) is 0 Å². The maximum atomic E-state index is 10.0. The molecule has 29 heavy (non-hydrogen) atoms. The van der Waals surface area contributed by atoms with Gasteiger partial charge in [-0.15, -0.1) is 0 Å². The molecule has 1 nitrogen and oxygen atoms in total. The van der Waals surface area contributed by atoms with Crippen LogP contribution in [0.3, 0.4) is 0 Å². The molecule has 6 unspecified atom stereocenters. The molecule has 0 heterocycles. The van der Waals surface area contributed by atoms with Gasteiger partial charge in [0.2, 0.25) is 0 Å². The monoisotopic (exact) mass is 396 g/mol. The van der Waals surface area contributed by atoms with Crippen molar-refractivity contribution in [1.29, 1.82) is 0 Å². The Morgan fingerprint density at radius 3 is 2.59 bits per heavy atom. The molecule has 0 bridgehead atoms. The topological polar surface area (TPSA) is 20.2 Å². The molecule has 2 saturated carbocycles. The molecule has 0 aliphatic heterocycles. The first-order valence-corrected chi connectivity index (χ1v) is 12.2. The summed E-state index contributed by atoms with van der Waals surface area (Å²) in [5.41, 5.74) is 4.81. The van der Waals surface area contributed by atoms with E-state index < -0.39 is 0 Å². The second kappa shape index (κ2) is 9.38. The number of hydrogen-bond acceptors (Lipinski definition) is 1. The molecule has 0 radical (unpaired) electrons. The summed E-state index contributed by atoms with van der Waals surface area (Å²) in [6.45, 7) is 14.2. The van der Waals surface area contributed by atoms with Crippen molar-refractivity contribution in [3.05, 3.63) is 47.1 Å². The molecule has 6 atom stereocenters. The van der Waals surface area contributed by atoms with Crippen LogP contribution in [0.1, 0.15) is 86.5 Å². The lowest BCUT2D eigenvalue weighted by Gasteiger charge is -2.44. The van der Waals surface area contributed by atoms with Crippen molar-refractivity contribution in [2.75, 3.05) is 0 Å². The minimum absolute atomic E-state index is 0.197. The quantitative estimate of drug-likeness (QED) is 0.473. The van der Waals surface area contributed by atoms with E-state index in [1.54, 1.807) is 5.57 Å². The van der Waals surface area contributed by atoms with Crippen LogP contribution in [0.5, 0.6) is 0 Å². The minimum Gasteiger partial charge on any atom is -0.392 e. The van der Waals surface area contributed by atoms with Crippen molar-refractivity contribution in [1.82, 2.24) is 0 Å². The van der Waals surface area contributed by atoms with E-state index in [0.717, 1.165) is 30.6 Å². The Hall–Kier alpha value is -1.08. The van der Waals surface area contributed by atoms with Gasteiger partial charge in [-0.25, -0.2) is 0 Å². The van der Waals surface area contributed by atoms with Crippen LogP contribution in [0.25, 0.3) is 0 Å². The van der Waals surface area contributed by atoms with E-state index in [4.69, 9.17) is 0 Å². The summed E-state index contributed by atoms with van der Waals surface area (Å²) < 4.78 is 0. The molecule has 3 aliphatic carbocycles. The summed E-state index contributed by atoms with van der Waals surface area (Å²) in [6.07, 6.45) is 20.1. The SMILES string of the molecule is CC1=CCC(O)CC1=CC=C1CCCC2(C)C1CCC2C(C)C=CC(C)C(C)C. The lowest BCUT2D eigenvalue weighted by molar-refractivity contribution is 0.112. The summed E-state index contributed by atoms with van der Waals surface area (Å²) >= 11 is 0. The largest absolute Gasteiger partial charge is 0.392 e. The van der Waals surface area contributed by atoms with Crippen LogP contribution >= 0.6 is 0 Å². The molecule has 2 fully saturated rings. The zero-order valence-electron chi connectivity index (χ0n) is 19.7.